The molecule has 0 radical (unpaired) electrons. The van der Waals surface area contributed by atoms with Crippen LogP contribution < -0.4 is 4.43 Å². The first-order chi connectivity index (χ1) is 12.2. The van der Waals surface area contributed by atoms with E-state index in [4.69, 9.17) is 9.16 Å². The summed E-state index contributed by atoms with van der Waals surface area (Å²) in [4.78, 5) is 16.5. The molecule has 1 aromatic carbocycles. The lowest BCUT2D eigenvalue weighted by molar-refractivity contribution is 0.0518. The molecular weight excluding hydrogens is 344 g/mol. The fourth-order valence-corrected chi connectivity index (χ4v) is 4.04. The molecule has 6 heteroatoms. The van der Waals surface area contributed by atoms with Crippen molar-refractivity contribution in [3.8, 4) is 11.4 Å². The maximum absolute atomic E-state index is 12.1. The van der Waals surface area contributed by atoms with Crippen LogP contribution in [0.2, 0.25) is 18.1 Å². The minimum atomic E-state index is -1.92. The minimum Gasteiger partial charge on any atom is -0.543 e. The largest absolute Gasteiger partial charge is 0.543 e. The summed E-state index contributed by atoms with van der Waals surface area (Å²) in [7, 11) is -1.92. The SMILES string of the molecule is CCOC(=O)c1ncn2c1CCc1c(O[Si](C)(C)C(C)(C)C)cccc1-2. The molecule has 1 aliphatic rings. The van der Waals surface area contributed by atoms with Crippen LogP contribution in [0.1, 0.15) is 49.4 Å². The third-order valence-corrected chi connectivity index (χ3v) is 9.83. The molecule has 0 atom stereocenters. The van der Waals surface area contributed by atoms with Crippen LogP contribution in [0.25, 0.3) is 5.69 Å². The van der Waals surface area contributed by atoms with Gasteiger partial charge in [0.1, 0.15) is 12.1 Å². The quantitative estimate of drug-likeness (QED) is 0.584. The van der Waals surface area contributed by atoms with Crippen LogP contribution in [0.15, 0.2) is 24.5 Å². The molecule has 2 aromatic rings. The summed E-state index contributed by atoms with van der Waals surface area (Å²) < 4.78 is 13.7. The number of hydrogen-bond donors (Lipinski definition) is 0. The van der Waals surface area contributed by atoms with Crippen molar-refractivity contribution in [2.75, 3.05) is 6.61 Å². The second-order valence-corrected chi connectivity index (χ2v) is 13.0. The van der Waals surface area contributed by atoms with E-state index in [-0.39, 0.29) is 11.0 Å². The van der Waals surface area contributed by atoms with Crippen molar-refractivity contribution in [2.45, 2.75) is 58.7 Å². The third-order valence-electron chi connectivity index (χ3n) is 5.49. The summed E-state index contributed by atoms with van der Waals surface area (Å²) in [5.74, 6) is 0.615. The van der Waals surface area contributed by atoms with Crippen molar-refractivity contribution in [3.05, 3.63) is 41.5 Å². The maximum Gasteiger partial charge on any atom is 0.358 e. The maximum atomic E-state index is 12.1. The summed E-state index contributed by atoms with van der Waals surface area (Å²) >= 11 is 0. The van der Waals surface area contributed by atoms with Crippen LogP contribution in [-0.2, 0) is 17.6 Å². The summed E-state index contributed by atoms with van der Waals surface area (Å²) in [6.45, 7) is 13.4. The van der Waals surface area contributed by atoms with Gasteiger partial charge in [-0.1, -0.05) is 26.8 Å². The summed E-state index contributed by atoms with van der Waals surface area (Å²) in [5, 5.41) is 0.141. The second-order valence-electron chi connectivity index (χ2n) is 8.25. The summed E-state index contributed by atoms with van der Waals surface area (Å²) in [6, 6.07) is 6.14. The fraction of sp³-hybridized carbons (Fsp3) is 0.500. The van der Waals surface area contributed by atoms with E-state index in [1.807, 2.05) is 10.6 Å². The van der Waals surface area contributed by atoms with E-state index in [1.165, 1.54) is 5.56 Å². The smallest absolute Gasteiger partial charge is 0.358 e. The number of fused-ring (bicyclic) bond motifs is 3. The average Bonchev–Trinajstić information content (AvgIpc) is 2.98. The molecule has 1 aliphatic heterocycles. The minimum absolute atomic E-state index is 0.141. The number of rotatable bonds is 4. The van der Waals surface area contributed by atoms with Crippen LogP contribution in [-0.4, -0.2) is 30.4 Å². The lowest BCUT2D eigenvalue weighted by Gasteiger charge is -2.37. The van der Waals surface area contributed by atoms with E-state index < -0.39 is 8.32 Å². The monoisotopic (exact) mass is 372 g/mol. The average molecular weight is 373 g/mol. The van der Waals surface area contributed by atoms with Crippen molar-refractivity contribution in [2.24, 2.45) is 0 Å². The van der Waals surface area contributed by atoms with Crippen LogP contribution in [0.5, 0.6) is 5.75 Å². The molecule has 140 valence electrons. The number of hydrogen-bond acceptors (Lipinski definition) is 4. The number of benzene rings is 1. The number of nitrogens with zero attached hydrogens (tertiary/aromatic N) is 2. The molecule has 0 amide bonds. The zero-order chi connectivity index (χ0) is 19.1. The molecule has 0 saturated carbocycles. The summed E-state index contributed by atoms with van der Waals surface area (Å²) in [5.41, 5.74) is 3.58. The molecule has 0 bridgehead atoms. The van der Waals surface area contributed by atoms with Gasteiger partial charge >= 0.3 is 5.97 Å². The first kappa shape index (κ1) is 18.7. The predicted molar refractivity (Wildman–Crippen MR) is 105 cm³/mol. The number of aromatic nitrogens is 2. The Kier molecular flexibility index (Phi) is 4.73. The number of imidazole rings is 1. The van der Waals surface area contributed by atoms with Gasteiger partial charge in [0.15, 0.2) is 5.69 Å². The van der Waals surface area contributed by atoms with Gasteiger partial charge in [0, 0.05) is 5.56 Å². The van der Waals surface area contributed by atoms with Gasteiger partial charge in [-0.15, -0.1) is 0 Å². The molecule has 3 rings (SSSR count). The number of carbonyl (C=O) groups excluding carboxylic acids is 1. The molecule has 0 saturated heterocycles. The molecular formula is C20H28N2O3Si. The highest BCUT2D eigenvalue weighted by Crippen LogP contribution is 2.40. The fourth-order valence-electron chi connectivity index (χ4n) is 2.99. The van der Waals surface area contributed by atoms with E-state index in [2.05, 4.69) is 51.0 Å². The van der Waals surface area contributed by atoms with Gasteiger partial charge in [-0.3, -0.25) is 0 Å². The van der Waals surface area contributed by atoms with Crippen molar-refractivity contribution >= 4 is 14.3 Å². The van der Waals surface area contributed by atoms with Crippen LogP contribution >= 0.6 is 0 Å². The first-order valence-electron chi connectivity index (χ1n) is 9.20. The number of ether oxygens (including phenoxy) is 1. The highest BCUT2D eigenvalue weighted by Gasteiger charge is 2.39. The van der Waals surface area contributed by atoms with Gasteiger partial charge in [-0.25, -0.2) is 9.78 Å². The molecule has 26 heavy (non-hydrogen) atoms. The Balaban J connectivity index is 2.00. The van der Waals surface area contributed by atoms with Crippen molar-refractivity contribution < 1.29 is 14.0 Å². The Morgan fingerprint density at radius 2 is 2.00 bits per heavy atom. The van der Waals surface area contributed by atoms with Crippen molar-refractivity contribution in [1.82, 2.24) is 9.55 Å². The molecule has 0 N–H and O–H groups in total. The number of carbonyl (C=O) groups is 1. The second kappa shape index (κ2) is 6.58. The molecule has 1 aromatic heterocycles. The summed E-state index contributed by atoms with van der Waals surface area (Å²) in [6.07, 6.45) is 3.30. The predicted octanol–water partition coefficient (Wildman–Crippen LogP) is 4.53. The Hall–Kier alpha value is -2.08. The van der Waals surface area contributed by atoms with Gasteiger partial charge in [0.05, 0.1) is 18.0 Å². The Morgan fingerprint density at radius 1 is 1.27 bits per heavy atom. The molecule has 0 spiro atoms. The standard InChI is InChI=1S/C20H28N2O3Si/c1-7-24-19(23)18-16-12-11-14-15(22(16)13-21-18)9-8-10-17(14)25-26(5,6)20(2,3)4/h8-10,13H,7,11-12H2,1-6H3. The zero-order valence-corrected chi connectivity index (χ0v) is 17.5. The normalized spacial score (nSPS) is 13.8. The van der Waals surface area contributed by atoms with Gasteiger partial charge in [-0.05, 0) is 50.0 Å². The van der Waals surface area contributed by atoms with Crippen molar-refractivity contribution in [1.29, 1.82) is 0 Å². The van der Waals surface area contributed by atoms with E-state index in [0.717, 1.165) is 30.0 Å². The topological polar surface area (TPSA) is 53.3 Å². The third kappa shape index (κ3) is 3.18. The van der Waals surface area contributed by atoms with E-state index in [0.29, 0.717) is 12.3 Å². The zero-order valence-electron chi connectivity index (χ0n) is 16.5. The molecule has 5 nitrogen and oxygen atoms in total. The van der Waals surface area contributed by atoms with Crippen LogP contribution in [0.4, 0.5) is 0 Å². The molecule has 0 aliphatic carbocycles. The number of esters is 1. The highest BCUT2D eigenvalue weighted by molar-refractivity contribution is 6.74. The van der Waals surface area contributed by atoms with Gasteiger partial charge < -0.3 is 13.7 Å². The Morgan fingerprint density at radius 3 is 2.65 bits per heavy atom. The Bertz CT molecular complexity index is 834. The van der Waals surface area contributed by atoms with E-state index >= 15 is 0 Å². The van der Waals surface area contributed by atoms with Gasteiger partial charge in [0.25, 0.3) is 0 Å². The molecule has 2 heterocycles. The van der Waals surface area contributed by atoms with Gasteiger partial charge in [-0.2, -0.15) is 0 Å². The Labute approximate surface area is 156 Å². The molecule has 0 fully saturated rings. The van der Waals surface area contributed by atoms with E-state index in [9.17, 15) is 4.79 Å². The highest BCUT2D eigenvalue weighted by atomic mass is 28.4. The molecule has 0 unspecified atom stereocenters. The first-order valence-corrected chi connectivity index (χ1v) is 12.1. The van der Waals surface area contributed by atoms with Crippen LogP contribution in [0.3, 0.4) is 0 Å². The van der Waals surface area contributed by atoms with Crippen molar-refractivity contribution in [3.63, 3.8) is 0 Å². The lowest BCUT2D eigenvalue weighted by atomic mass is 10.00. The lowest BCUT2D eigenvalue weighted by Crippen LogP contribution is -2.44. The van der Waals surface area contributed by atoms with E-state index in [1.54, 1.807) is 13.3 Å². The van der Waals surface area contributed by atoms with Crippen LogP contribution in [0, 0.1) is 0 Å². The van der Waals surface area contributed by atoms with Gasteiger partial charge in [0.2, 0.25) is 8.32 Å².